The molecule has 0 aliphatic rings. The first kappa shape index (κ1) is 41.9. The minimum absolute atomic E-state index is 0.0761. The summed E-state index contributed by atoms with van der Waals surface area (Å²) in [7, 11) is 0. The van der Waals surface area contributed by atoms with Crippen LogP contribution in [-0.2, 0) is 23.8 Å². The van der Waals surface area contributed by atoms with Gasteiger partial charge in [0.25, 0.3) is 0 Å². The van der Waals surface area contributed by atoms with E-state index in [-0.39, 0.29) is 25.2 Å². The van der Waals surface area contributed by atoms with Crippen molar-refractivity contribution in [2.45, 2.75) is 168 Å². The van der Waals surface area contributed by atoms with Crippen LogP contribution in [0.1, 0.15) is 162 Å². The van der Waals surface area contributed by atoms with Crippen molar-refractivity contribution in [3.05, 3.63) is 48.6 Å². The van der Waals surface area contributed by atoms with E-state index in [4.69, 9.17) is 14.2 Å². The molecule has 0 bridgehead atoms. The summed E-state index contributed by atoms with van der Waals surface area (Å²) >= 11 is 0. The van der Waals surface area contributed by atoms with Crippen molar-refractivity contribution >= 4 is 11.9 Å². The summed E-state index contributed by atoms with van der Waals surface area (Å²) in [6.07, 6.45) is 40.1. The Morgan fingerprint density at radius 2 is 1.02 bits per heavy atom. The monoisotopic (exact) mass is 617 g/mol. The lowest BCUT2D eigenvalue weighted by molar-refractivity contribution is -0.163. The van der Waals surface area contributed by atoms with Crippen molar-refractivity contribution in [3.63, 3.8) is 0 Å². The van der Waals surface area contributed by atoms with E-state index in [9.17, 15) is 9.59 Å². The first-order valence-corrected chi connectivity index (χ1v) is 18.2. The van der Waals surface area contributed by atoms with Crippen LogP contribution in [0.4, 0.5) is 0 Å². The van der Waals surface area contributed by atoms with E-state index in [2.05, 4.69) is 69.4 Å². The van der Waals surface area contributed by atoms with Crippen molar-refractivity contribution < 1.29 is 23.8 Å². The van der Waals surface area contributed by atoms with Gasteiger partial charge in [-0.25, -0.2) is 0 Å². The zero-order valence-electron chi connectivity index (χ0n) is 28.9. The molecule has 254 valence electrons. The zero-order valence-corrected chi connectivity index (χ0v) is 28.9. The van der Waals surface area contributed by atoms with Gasteiger partial charge in [-0.15, -0.1) is 0 Å². The molecule has 0 spiro atoms. The molecule has 0 aliphatic carbocycles. The molecule has 0 amide bonds. The molecule has 0 aromatic rings. The maximum absolute atomic E-state index is 12.4. The molecule has 0 saturated carbocycles. The van der Waals surface area contributed by atoms with Gasteiger partial charge < -0.3 is 14.2 Å². The molecule has 5 nitrogen and oxygen atoms in total. The highest BCUT2D eigenvalue weighted by molar-refractivity contribution is 5.70. The molecule has 0 aromatic carbocycles. The van der Waals surface area contributed by atoms with E-state index in [1.54, 1.807) is 0 Å². The van der Waals surface area contributed by atoms with Crippen molar-refractivity contribution in [2.24, 2.45) is 0 Å². The topological polar surface area (TPSA) is 61.8 Å². The third-order valence-electron chi connectivity index (χ3n) is 7.38. The highest BCUT2D eigenvalue weighted by Crippen LogP contribution is 2.10. The maximum Gasteiger partial charge on any atom is 0.306 e. The second kappa shape index (κ2) is 35.3. The Morgan fingerprint density at radius 3 is 1.64 bits per heavy atom. The van der Waals surface area contributed by atoms with Gasteiger partial charge in [0.1, 0.15) is 6.61 Å². The Hall–Kier alpha value is -2.14. The highest BCUT2D eigenvalue weighted by atomic mass is 16.6. The van der Waals surface area contributed by atoms with Crippen molar-refractivity contribution in [1.82, 2.24) is 0 Å². The van der Waals surface area contributed by atoms with Gasteiger partial charge in [0.2, 0.25) is 0 Å². The van der Waals surface area contributed by atoms with Crippen LogP contribution in [0.25, 0.3) is 0 Å². The summed E-state index contributed by atoms with van der Waals surface area (Å²) in [6, 6.07) is 0. The molecule has 0 heterocycles. The average molecular weight is 617 g/mol. The fraction of sp³-hybridized carbons (Fsp3) is 0.744. The van der Waals surface area contributed by atoms with E-state index in [1.807, 2.05) is 0 Å². The van der Waals surface area contributed by atoms with Gasteiger partial charge >= 0.3 is 11.9 Å². The van der Waals surface area contributed by atoms with Crippen molar-refractivity contribution in [1.29, 1.82) is 0 Å². The lowest BCUT2D eigenvalue weighted by Gasteiger charge is -2.18. The van der Waals surface area contributed by atoms with Gasteiger partial charge in [0, 0.05) is 19.4 Å². The zero-order chi connectivity index (χ0) is 32.2. The van der Waals surface area contributed by atoms with Gasteiger partial charge in [-0.3, -0.25) is 9.59 Å². The molecule has 1 atom stereocenters. The Morgan fingerprint density at radius 1 is 0.523 bits per heavy atom. The van der Waals surface area contributed by atoms with Crippen molar-refractivity contribution in [2.75, 3.05) is 19.8 Å². The SMILES string of the molecule is CC/C=C\C/C=C\C/C=C\C/C=C\CCCCCCCOCC(COC(=O)CCCCCCC)OC(=O)CCCCCCC. The molecule has 0 radical (unpaired) electrons. The van der Waals surface area contributed by atoms with E-state index in [1.165, 1.54) is 44.9 Å². The minimum atomic E-state index is -0.534. The lowest BCUT2D eigenvalue weighted by atomic mass is 10.1. The van der Waals surface area contributed by atoms with Crippen LogP contribution in [-0.4, -0.2) is 37.9 Å². The molecule has 0 aromatic heterocycles. The lowest BCUT2D eigenvalue weighted by Crippen LogP contribution is -2.30. The molecule has 0 aliphatic heterocycles. The van der Waals surface area contributed by atoms with Gasteiger partial charge in [-0.2, -0.15) is 0 Å². The molecule has 0 rings (SSSR count). The Bertz CT molecular complexity index is 752. The number of allylic oxidation sites excluding steroid dienone is 8. The number of hydrogen-bond acceptors (Lipinski definition) is 5. The van der Waals surface area contributed by atoms with E-state index >= 15 is 0 Å². The molecule has 1 unspecified atom stereocenters. The third kappa shape index (κ3) is 32.8. The third-order valence-corrected chi connectivity index (χ3v) is 7.38. The van der Waals surface area contributed by atoms with Crippen LogP contribution in [0, 0.1) is 0 Å². The number of unbranched alkanes of at least 4 members (excludes halogenated alkanes) is 13. The molecule has 44 heavy (non-hydrogen) atoms. The van der Waals surface area contributed by atoms with E-state index < -0.39 is 6.10 Å². The first-order valence-electron chi connectivity index (χ1n) is 18.2. The van der Waals surface area contributed by atoms with Gasteiger partial charge in [0.05, 0.1) is 6.61 Å². The smallest absolute Gasteiger partial charge is 0.306 e. The predicted octanol–water partition coefficient (Wildman–Crippen LogP) is 11.3. The van der Waals surface area contributed by atoms with Crippen LogP contribution in [0.15, 0.2) is 48.6 Å². The van der Waals surface area contributed by atoms with Gasteiger partial charge in [0.15, 0.2) is 6.10 Å². The standard InChI is InChI=1S/C39H68O5/c1-4-7-10-13-14-15-16-17-18-19-20-21-22-23-24-25-28-31-34-42-35-37(44-39(41)33-30-27-12-9-6-3)36-43-38(40)32-29-26-11-8-5-2/h7,10,14-15,17-18,20-21,37H,4-6,8-9,11-13,16,19,22-36H2,1-3H3/b10-7-,15-14-,18-17-,21-20-. The van der Waals surface area contributed by atoms with Crippen LogP contribution in [0.3, 0.4) is 0 Å². The van der Waals surface area contributed by atoms with Crippen LogP contribution >= 0.6 is 0 Å². The molecule has 0 N–H and O–H groups in total. The molecular formula is C39H68O5. The second-order valence-electron chi connectivity index (χ2n) is 11.8. The van der Waals surface area contributed by atoms with E-state index in [0.717, 1.165) is 83.5 Å². The van der Waals surface area contributed by atoms with Crippen LogP contribution in [0.5, 0.6) is 0 Å². The fourth-order valence-corrected chi connectivity index (χ4v) is 4.67. The Balaban J connectivity index is 4.05. The maximum atomic E-state index is 12.4. The normalized spacial score (nSPS) is 12.7. The quantitative estimate of drug-likeness (QED) is 0.0427. The predicted molar refractivity (Wildman–Crippen MR) is 187 cm³/mol. The van der Waals surface area contributed by atoms with Crippen LogP contribution in [0.2, 0.25) is 0 Å². The molecule has 5 heteroatoms. The minimum Gasteiger partial charge on any atom is -0.462 e. The van der Waals surface area contributed by atoms with Gasteiger partial charge in [-0.1, -0.05) is 140 Å². The Labute approximate surface area is 272 Å². The molecule has 0 fully saturated rings. The van der Waals surface area contributed by atoms with E-state index in [0.29, 0.717) is 19.4 Å². The summed E-state index contributed by atoms with van der Waals surface area (Å²) in [6.45, 7) is 7.50. The summed E-state index contributed by atoms with van der Waals surface area (Å²) in [5.74, 6) is -0.439. The number of ether oxygens (including phenoxy) is 3. The average Bonchev–Trinajstić information content (AvgIpc) is 3.02. The Kier molecular flexibility index (Phi) is 33.6. The summed E-state index contributed by atoms with van der Waals surface area (Å²) < 4.78 is 16.9. The van der Waals surface area contributed by atoms with Crippen LogP contribution < -0.4 is 0 Å². The molecule has 0 saturated heterocycles. The van der Waals surface area contributed by atoms with Crippen molar-refractivity contribution in [3.8, 4) is 0 Å². The molecular weight excluding hydrogens is 548 g/mol. The number of esters is 2. The fourth-order valence-electron chi connectivity index (χ4n) is 4.67. The number of carbonyl (C=O) groups excluding carboxylic acids is 2. The largest absolute Gasteiger partial charge is 0.462 e. The number of hydrogen-bond donors (Lipinski definition) is 0. The number of carbonyl (C=O) groups is 2. The summed E-state index contributed by atoms with van der Waals surface area (Å²) in [5.41, 5.74) is 0. The summed E-state index contributed by atoms with van der Waals surface area (Å²) in [4.78, 5) is 24.6. The highest BCUT2D eigenvalue weighted by Gasteiger charge is 2.17. The second-order valence-corrected chi connectivity index (χ2v) is 11.8. The first-order chi connectivity index (χ1) is 21.6. The van der Waals surface area contributed by atoms with Gasteiger partial charge in [-0.05, 0) is 57.8 Å². The summed E-state index contributed by atoms with van der Waals surface area (Å²) in [5, 5.41) is 0. The number of rotatable bonds is 32.